The maximum Gasteiger partial charge on any atom is 0.121 e. The lowest BCUT2D eigenvalue weighted by molar-refractivity contribution is 0.201. The molecule has 2 N–H and O–H groups in total. The molecule has 23 heavy (non-hydrogen) atoms. The lowest BCUT2D eigenvalue weighted by Crippen LogP contribution is -2.46. The number of rotatable bonds is 5. The first-order valence-corrected chi connectivity index (χ1v) is 8.23. The minimum atomic E-state index is -0.00670. The number of hydrogen-bond donors (Lipinski definition) is 2. The summed E-state index contributed by atoms with van der Waals surface area (Å²) in [6.45, 7) is 2.99. The Morgan fingerprint density at radius 3 is 2.78 bits per heavy atom. The molecule has 0 saturated carbocycles. The van der Waals surface area contributed by atoms with Crippen molar-refractivity contribution in [1.82, 2.24) is 5.32 Å². The smallest absolute Gasteiger partial charge is 0.121 e. The number of halogens is 1. The zero-order valence-corrected chi connectivity index (χ0v) is 13.7. The minimum absolute atomic E-state index is 0.00670. The van der Waals surface area contributed by atoms with E-state index in [9.17, 15) is 0 Å². The average Bonchev–Trinajstić information content (AvgIpc) is 2.61. The van der Waals surface area contributed by atoms with E-state index in [0.29, 0.717) is 10.8 Å². The molecule has 122 valence electrons. The Bertz CT molecular complexity index is 636. The number of aliphatic hydroxyl groups is 1. The summed E-state index contributed by atoms with van der Waals surface area (Å²) in [6.07, 6.45) is 0. The summed E-state index contributed by atoms with van der Waals surface area (Å²) < 4.78 is 5.42. The van der Waals surface area contributed by atoms with Gasteiger partial charge in [-0.15, -0.1) is 0 Å². The van der Waals surface area contributed by atoms with E-state index in [1.807, 2.05) is 24.3 Å². The zero-order chi connectivity index (χ0) is 16.1. The summed E-state index contributed by atoms with van der Waals surface area (Å²) in [4.78, 5) is 2.34. The van der Waals surface area contributed by atoms with Crippen molar-refractivity contribution >= 4 is 17.3 Å². The predicted octanol–water partition coefficient (Wildman–Crippen LogP) is 2.86. The first-order valence-electron chi connectivity index (χ1n) is 7.85. The van der Waals surface area contributed by atoms with E-state index < -0.39 is 0 Å². The van der Waals surface area contributed by atoms with Crippen LogP contribution in [0.2, 0.25) is 5.02 Å². The molecule has 1 aliphatic heterocycles. The SMILES string of the molecule is OCCOc1ccc(N2CCNCC2c2ccccc2)c(Cl)c1. The van der Waals surface area contributed by atoms with Gasteiger partial charge in [0.1, 0.15) is 12.4 Å². The van der Waals surface area contributed by atoms with Crippen LogP contribution in [0.25, 0.3) is 0 Å². The number of anilines is 1. The molecule has 0 aromatic heterocycles. The molecule has 0 radical (unpaired) electrons. The molecule has 1 heterocycles. The molecular weight excluding hydrogens is 312 g/mol. The molecule has 0 amide bonds. The fourth-order valence-electron chi connectivity index (χ4n) is 2.94. The number of piperazine rings is 1. The van der Waals surface area contributed by atoms with Crippen molar-refractivity contribution in [1.29, 1.82) is 0 Å². The quantitative estimate of drug-likeness (QED) is 0.883. The van der Waals surface area contributed by atoms with E-state index >= 15 is 0 Å². The summed E-state index contributed by atoms with van der Waals surface area (Å²) in [5.41, 5.74) is 2.29. The highest BCUT2D eigenvalue weighted by molar-refractivity contribution is 6.33. The van der Waals surface area contributed by atoms with Crippen LogP contribution in [0, 0.1) is 0 Å². The summed E-state index contributed by atoms with van der Waals surface area (Å²) in [7, 11) is 0. The Morgan fingerprint density at radius 1 is 1.22 bits per heavy atom. The largest absolute Gasteiger partial charge is 0.491 e. The molecule has 1 unspecified atom stereocenters. The van der Waals surface area contributed by atoms with Crippen LogP contribution in [-0.4, -0.2) is 38.0 Å². The van der Waals surface area contributed by atoms with E-state index in [-0.39, 0.29) is 19.3 Å². The van der Waals surface area contributed by atoms with Gasteiger partial charge in [0.05, 0.1) is 23.4 Å². The van der Waals surface area contributed by atoms with Gasteiger partial charge >= 0.3 is 0 Å². The maximum absolute atomic E-state index is 8.84. The van der Waals surface area contributed by atoms with Gasteiger partial charge in [-0.05, 0) is 17.7 Å². The third-order valence-electron chi connectivity index (χ3n) is 4.02. The van der Waals surface area contributed by atoms with Gasteiger partial charge in [0.2, 0.25) is 0 Å². The molecule has 1 atom stereocenters. The number of benzene rings is 2. The summed E-state index contributed by atoms with van der Waals surface area (Å²) in [5, 5.41) is 13.0. The Hall–Kier alpha value is -1.75. The van der Waals surface area contributed by atoms with Gasteiger partial charge in [0.25, 0.3) is 0 Å². The molecular formula is C18H21ClN2O2. The van der Waals surface area contributed by atoms with Crippen molar-refractivity contribution in [2.45, 2.75) is 6.04 Å². The zero-order valence-electron chi connectivity index (χ0n) is 12.9. The monoisotopic (exact) mass is 332 g/mol. The van der Waals surface area contributed by atoms with Crippen LogP contribution in [0.15, 0.2) is 48.5 Å². The molecule has 4 nitrogen and oxygen atoms in total. The standard InChI is InChI=1S/C18H21ClN2O2/c19-16-12-15(23-11-10-22)6-7-17(16)21-9-8-20-13-18(21)14-4-2-1-3-5-14/h1-7,12,18,20,22H,8-11,13H2. The fourth-order valence-corrected chi connectivity index (χ4v) is 3.22. The van der Waals surface area contributed by atoms with Crippen LogP contribution >= 0.6 is 11.6 Å². The molecule has 0 spiro atoms. The number of ether oxygens (including phenoxy) is 1. The van der Waals surface area contributed by atoms with Crippen molar-refractivity contribution in [3.05, 3.63) is 59.1 Å². The van der Waals surface area contributed by atoms with Crippen molar-refractivity contribution in [3.63, 3.8) is 0 Å². The normalized spacial score (nSPS) is 18.0. The third-order valence-corrected chi connectivity index (χ3v) is 4.32. The number of nitrogens with zero attached hydrogens (tertiary/aromatic N) is 1. The van der Waals surface area contributed by atoms with Gasteiger partial charge < -0.3 is 20.1 Å². The molecule has 5 heteroatoms. The maximum atomic E-state index is 8.84. The van der Waals surface area contributed by atoms with Crippen molar-refractivity contribution in [2.24, 2.45) is 0 Å². The second-order valence-electron chi connectivity index (χ2n) is 5.51. The topological polar surface area (TPSA) is 44.7 Å². The van der Waals surface area contributed by atoms with Crippen LogP contribution in [0.5, 0.6) is 5.75 Å². The molecule has 1 saturated heterocycles. The van der Waals surface area contributed by atoms with Crippen molar-refractivity contribution in [3.8, 4) is 5.75 Å². The number of hydrogen-bond acceptors (Lipinski definition) is 4. The van der Waals surface area contributed by atoms with E-state index in [4.69, 9.17) is 21.4 Å². The van der Waals surface area contributed by atoms with Gasteiger partial charge in [-0.3, -0.25) is 0 Å². The minimum Gasteiger partial charge on any atom is -0.491 e. The van der Waals surface area contributed by atoms with E-state index in [1.54, 1.807) is 0 Å². The highest BCUT2D eigenvalue weighted by atomic mass is 35.5. The molecule has 2 aromatic carbocycles. The van der Waals surface area contributed by atoms with Crippen molar-refractivity contribution < 1.29 is 9.84 Å². The molecule has 0 aliphatic carbocycles. The Balaban J connectivity index is 1.86. The van der Waals surface area contributed by atoms with Crippen LogP contribution in [0.3, 0.4) is 0 Å². The highest BCUT2D eigenvalue weighted by Gasteiger charge is 2.25. The van der Waals surface area contributed by atoms with Crippen LogP contribution in [0.4, 0.5) is 5.69 Å². The Morgan fingerprint density at radius 2 is 2.04 bits per heavy atom. The number of nitrogens with one attached hydrogen (secondary N) is 1. The lowest BCUT2D eigenvalue weighted by atomic mass is 10.0. The highest BCUT2D eigenvalue weighted by Crippen LogP contribution is 2.35. The first-order chi connectivity index (χ1) is 11.3. The van der Waals surface area contributed by atoms with Crippen LogP contribution < -0.4 is 15.0 Å². The molecule has 3 rings (SSSR count). The van der Waals surface area contributed by atoms with Crippen molar-refractivity contribution in [2.75, 3.05) is 37.7 Å². The van der Waals surface area contributed by atoms with Gasteiger partial charge in [-0.25, -0.2) is 0 Å². The third kappa shape index (κ3) is 3.78. The second kappa shape index (κ2) is 7.68. The summed E-state index contributed by atoms with van der Waals surface area (Å²) in [5.74, 6) is 0.680. The molecule has 0 bridgehead atoms. The van der Waals surface area contributed by atoms with E-state index in [1.165, 1.54) is 5.56 Å². The fraction of sp³-hybridized carbons (Fsp3) is 0.333. The van der Waals surface area contributed by atoms with Crippen LogP contribution in [0.1, 0.15) is 11.6 Å². The number of aliphatic hydroxyl groups excluding tert-OH is 1. The van der Waals surface area contributed by atoms with E-state index in [2.05, 4.69) is 34.5 Å². The van der Waals surface area contributed by atoms with Gasteiger partial charge in [0, 0.05) is 25.7 Å². The Labute approximate surface area is 141 Å². The average molecular weight is 333 g/mol. The van der Waals surface area contributed by atoms with E-state index in [0.717, 1.165) is 25.3 Å². The lowest BCUT2D eigenvalue weighted by Gasteiger charge is -2.38. The first kappa shape index (κ1) is 16.1. The van der Waals surface area contributed by atoms with Crippen LogP contribution in [-0.2, 0) is 0 Å². The second-order valence-corrected chi connectivity index (χ2v) is 5.92. The summed E-state index contributed by atoms with van der Waals surface area (Å²) in [6, 6.07) is 16.4. The molecule has 1 aliphatic rings. The van der Waals surface area contributed by atoms with Gasteiger partial charge in [-0.2, -0.15) is 0 Å². The Kier molecular flexibility index (Phi) is 5.39. The molecule has 1 fully saturated rings. The summed E-state index contributed by atoms with van der Waals surface area (Å²) >= 11 is 6.49. The predicted molar refractivity (Wildman–Crippen MR) is 93.4 cm³/mol. The molecule has 2 aromatic rings. The van der Waals surface area contributed by atoms with Gasteiger partial charge in [0.15, 0.2) is 0 Å². The van der Waals surface area contributed by atoms with Gasteiger partial charge in [-0.1, -0.05) is 41.9 Å².